The number of carboxylic acid groups (broad SMARTS) is 1. The van der Waals surface area contributed by atoms with Crippen molar-refractivity contribution in [2.45, 2.75) is 0 Å². The first kappa shape index (κ1) is 15.5. The fourth-order valence-electron chi connectivity index (χ4n) is 2.15. The summed E-state index contributed by atoms with van der Waals surface area (Å²) in [5.41, 5.74) is 1.63. The summed E-state index contributed by atoms with van der Waals surface area (Å²) in [6.45, 7) is 1.35. The molecule has 1 N–H and O–H groups in total. The van der Waals surface area contributed by atoms with Crippen LogP contribution >= 0.6 is 11.6 Å². The summed E-state index contributed by atoms with van der Waals surface area (Å²) in [6, 6.07) is 7.30. The average molecular weight is 308 g/mol. The first-order valence-electron chi connectivity index (χ1n) is 6.63. The quantitative estimate of drug-likeness (QED) is 0.887. The molecule has 0 aliphatic carbocycles. The molecule has 0 saturated heterocycles. The minimum atomic E-state index is -0.854. The summed E-state index contributed by atoms with van der Waals surface area (Å²) in [5.74, 6) is -0.854. The lowest BCUT2D eigenvalue weighted by Crippen LogP contribution is -2.35. The molecule has 6 heteroatoms. The molecule has 112 valence electrons. The molecule has 0 unspecified atom stereocenters. The summed E-state index contributed by atoms with van der Waals surface area (Å²) >= 11 is 5.98. The molecule has 21 heavy (non-hydrogen) atoms. The van der Waals surface area contributed by atoms with E-state index in [2.05, 4.69) is 4.98 Å². The second kappa shape index (κ2) is 6.74. The van der Waals surface area contributed by atoms with E-state index < -0.39 is 5.97 Å². The van der Waals surface area contributed by atoms with Gasteiger partial charge in [0.1, 0.15) is 6.54 Å². The number of aliphatic carboxylic acids is 1. The number of carbonyl (C=O) groups is 1. The number of hydrogen-bond acceptors (Lipinski definition) is 4. The molecule has 0 aliphatic heterocycles. The van der Waals surface area contributed by atoms with Crippen LogP contribution in [0.2, 0.25) is 5.02 Å². The smallest absolute Gasteiger partial charge is 0.323 e. The molecule has 0 saturated carbocycles. The van der Waals surface area contributed by atoms with Gasteiger partial charge in [0.05, 0.1) is 5.52 Å². The highest BCUT2D eigenvalue weighted by atomic mass is 35.5. The van der Waals surface area contributed by atoms with E-state index in [1.54, 1.807) is 18.3 Å². The number of benzene rings is 1. The maximum atomic E-state index is 11.1. The molecule has 0 atom stereocenters. The third-order valence-corrected chi connectivity index (χ3v) is 3.40. The summed E-state index contributed by atoms with van der Waals surface area (Å²) in [4.78, 5) is 19.3. The third-order valence-electron chi connectivity index (χ3n) is 3.17. The van der Waals surface area contributed by atoms with Gasteiger partial charge in [-0.15, -0.1) is 0 Å². The van der Waals surface area contributed by atoms with Gasteiger partial charge in [-0.2, -0.15) is 0 Å². The first-order chi connectivity index (χ1) is 9.97. The molecule has 0 fully saturated rings. The Labute approximate surface area is 128 Å². The van der Waals surface area contributed by atoms with Gasteiger partial charge in [0, 0.05) is 35.4 Å². The highest BCUT2D eigenvalue weighted by Crippen LogP contribution is 2.27. The van der Waals surface area contributed by atoms with E-state index in [-0.39, 0.29) is 6.54 Å². The highest BCUT2D eigenvalue weighted by Gasteiger charge is 2.14. The SMILES string of the molecule is CN(C)CCN(CC(=O)O)c1ccnc2cc(Cl)ccc12. The largest absolute Gasteiger partial charge is 0.480 e. The van der Waals surface area contributed by atoms with Crippen molar-refractivity contribution in [3.05, 3.63) is 35.5 Å². The van der Waals surface area contributed by atoms with Crippen LogP contribution in [0.1, 0.15) is 0 Å². The molecule has 1 aromatic heterocycles. The number of halogens is 1. The maximum Gasteiger partial charge on any atom is 0.323 e. The minimum Gasteiger partial charge on any atom is -0.480 e. The number of carboxylic acids is 1. The molecule has 0 amide bonds. The van der Waals surface area contributed by atoms with Gasteiger partial charge >= 0.3 is 5.97 Å². The zero-order chi connectivity index (χ0) is 15.4. The van der Waals surface area contributed by atoms with Crippen molar-refractivity contribution in [2.24, 2.45) is 0 Å². The molecule has 0 bridgehead atoms. The number of hydrogen-bond donors (Lipinski definition) is 1. The minimum absolute atomic E-state index is 0.0461. The molecular weight excluding hydrogens is 290 g/mol. The zero-order valence-corrected chi connectivity index (χ0v) is 12.8. The van der Waals surface area contributed by atoms with Gasteiger partial charge in [0.25, 0.3) is 0 Å². The maximum absolute atomic E-state index is 11.1. The molecule has 0 aliphatic rings. The van der Waals surface area contributed by atoms with Crippen molar-refractivity contribution in [1.82, 2.24) is 9.88 Å². The Morgan fingerprint density at radius 3 is 2.71 bits per heavy atom. The van der Waals surface area contributed by atoms with Crippen molar-refractivity contribution in [1.29, 1.82) is 0 Å². The van der Waals surface area contributed by atoms with Crippen LogP contribution in [0.25, 0.3) is 10.9 Å². The van der Waals surface area contributed by atoms with Gasteiger partial charge in [-0.3, -0.25) is 9.78 Å². The van der Waals surface area contributed by atoms with Crippen LogP contribution in [-0.2, 0) is 4.79 Å². The van der Waals surface area contributed by atoms with Crippen LogP contribution in [-0.4, -0.2) is 54.7 Å². The number of fused-ring (bicyclic) bond motifs is 1. The predicted molar refractivity (Wildman–Crippen MR) is 85.2 cm³/mol. The van der Waals surface area contributed by atoms with Crippen LogP contribution in [0.3, 0.4) is 0 Å². The van der Waals surface area contributed by atoms with Crippen LogP contribution in [0, 0.1) is 0 Å². The Morgan fingerprint density at radius 2 is 2.05 bits per heavy atom. The van der Waals surface area contributed by atoms with Crippen molar-refractivity contribution < 1.29 is 9.90 Å². The van der Waals surface area contributed by atoms with Crippen molar-refractivity contribution in [2.75, 3.05) is 38.6 Å². The Kier molecular flexibility index (Phi) is 4.98. The molecule has 1 heterocycles. The normalized spacial score (nSPS) is 11.0. The standard InChI is InChI=1S/C15H18ClN3O2/c1-18(2)7-8-19(10-15(20)21)14-5-6-17-13-9-11(16)3-4-12(13)14/h3-6,9H,7-8,10H2,1-2H3,(H,20,21). The molecular formula is C15H18ClN3O2. The fraction of sp³-hybridized carbons (Fsp3) is 0.333. The monoisotopic (exact) mass is 307 g/mol. The van der Waals surface area contributed by atoms with Gasteiger partial charge in [0.15, 0.2) is 0 Å². The Balaban J connectivity index is 2.40. The van der Waals surface area contributed by atoms with Crippen LogP contribution < -0.4 is 4.90 Å². The second-order valence-electron chi connectivity index (χ2n) is 5.11. The van der Waals surface area contributed by atoms with Crippen molar-refractivity contribution in [3.63, 3.8) is 0 Å². The summed E-state index contributed by atoms with van der Waals surface area (Å²) in [5, 5.41) is 10.7. The molecule has 2 rings (SSSR count). The number of aromatic nitrogens is 1. The van der Waals surface area contributed by atoms with Gasteiger partial charge in [-0.05, 0) is 38.4 Å². The lowest BCUT2D eigenvalue weighted by Gasteiger charge is -2.25. The van der Waals surface area contributed by atoms with Crippen LogP contribution in [0.5, 0.6) is 0 Å². The molecule has 5 nitrogen and oxygen atoms in total. The van der Waals surface area contributed by atoms with E-state index in [0.29, 0.717) is 11.6 Å². The van der Waals surface area contributed by atoms with E-state index in [4.69, 9.17) is 16.7 Å². The number of likely N-dealkylation sites (N-methyl/N-ethyl adjacent to an activating group) is 1. The predicted octanol–water partition coefficient (Wildman–Crippen LogP) is 2.34. The van der Waals surface area contributed by atoms with Crippen LogP contribution in [0.15, 0.2) is 30.5 Å². The van der Waals surface area contributed by atoms with Gasteiger partial charge in [-0.25, -0.2) is 0 Å². The topological polar surface area (TPSA) is 56.7 Å². The molecule has 1 aromatic carbocycles. The Hall–Kier alpha value is -1.85. The Morgan fingerprint density at radius 1 is 1.29 bits per heavy atom. The number of pyridine rings is 1. The molecule has 0 radical (unpaired) electrons. The van der Waals surface area contributed by atoms with E-state index in [1.165, 1.54) is 0 Å². The zero-order valence-electron chi connectivity index (χ0n) is 12.1. The number of anilines is 1. The first-order valence-corrected chi connectivity index (χ1v) is 7.01. The number of nitrogens with zero attached hydrogens (tertiary/aromatic N) is 3. The van der Waals surface area contributed by atoms with E-state index in [0.717, 1.165) is 23.1 Å². The molecule has 0 spiro atoms. The highest BCUT2D eigenvalue weighted by molar-refractivity contribution is 6.31. The summed E-state index contributed by atoms with van der Waals surface area (Å²) in [6.07, 6.45) is 1.68. The fourth-order valence-corrected chi connectivity index (χ4v) is 2.32. The second-order valence-corrected chi connectivity index (χ2v) is 5.55. The third kappa shape index (κ3) is 4.06. The lowest BCUT2D eigenvalue weighted by molar-refractivity contribution is -0.135. The summed E-state index contributed by atoms with van der Waals surface area (Å²) < 4.78 is 0. The van der Waals surface area contributed by atoms with E-state index in [9.17, 15) is 4.79 Å². The van der Waals surface area contributed by atoms with E-state index >= 15 is 0 Å². The van der Waals surface area contributed by atoms with Crippen molar-refractivity contribution >= 4 is 34.2 Å². The lowest BCUT2D eigenvalue weighted by atomic mass is 10.1. The summed E-state index contributed by atoms with van der Waals surface area (Å²) in [7, 11) is 3.92. The Bertz CT molecular complexity index is 646. The van der Waals surface area contributed by atoms with Gasteiger partial charge < -0.3 is 14.9 Å². The molecule has 2 aromatic rings. The number of rotatable bonds is 6. The van der Waals surface area contributed by atoms with Gasteiger partial charge in [-0.1, -0.05) is 11.6 Å². The van der Waals surface area contributed by atoms with Gasteiger partial charge in [0.2, 0.25) is 0 Å². The van der Waals surface area contributed by atoms with E-state index in [1.807, 2.05) is 36.0 Å². The van der Waals surface area contributed by atoms with Crippen molar-refractivity contribution in [3.8, 4) is 0 Å². The average Bonchev–Trinajstić information content (AvgIpc) is 2.42. The van der Waals surface area contributed by atoms with Crippen LogP contribution in [0.4, 0.5) is 5.69 Å².